The quantitative estimate of drug-likeness (QED) is 0.223. The van der Waals surface area contributed by atoms with E-state index < -0.39 is 5.25 Å². The number of carbonyl (C=O) groups excluding carboxylic acids is 3. The Kier molecular flexibility index (Phi) is 8.26. The molecule has 0 aromatic heterocycles. The normalized spacial score (nSPS) is 22.4. The number of amides is 2. The standard InChI is InChI=1S/C28H30N2O4S2/c1-18-14-19(2)17-29(16-18)28(35)36-25-15-26(32)30(27(25)33)22-11-8-20(9-12-22)23(31)13-10-21-6-4-5-7-24(21)34-3/h4-13,18-19,25H,14-17H2,1-3H3/b13-10+/t18-,19+,25-/m1/s1. The Morgan fingerprint density at radius 3 is 2.39 bits per heavy atom. The van der Waals surface area contributed by atoms with Crippen molar-refractivity contribution in [2.75, 3.05) is 25.1 Å². The largest absolute Gasteiger partial charge is 0.496 e. The van der Waals surface area contributed by atoms with Gasteiger partial charge in [-0.05, 0) is 60.7 Å². The average molecular weight is 523 g/mol. The highest BCUT2D eigenvalue weighted by Crippen LogP contribution is 2.33. The van der Waals surface area contributed by atoms with Crippen LogP contribution in [0.15, 0.2) is 54.6 Å². The van der Waals surface area contributed by atoms with Crippen LogP contribution in [0.2, 0.25) is 0 Å². The molecule has 2 heterocycles. The Bertz CT molecular complexity index is 1180. The van der Waals surface area contributed by atoms with Crippen LogP contribution in [0.25, 0.3) is 6.08 Å². The van der Waals surface area contributed by atoms with Crippen LogP contribution in [0.4, 0.5) is 5.69 Å². The van der Waals surface area contributed by atoms with Crippen LogP contribution in [0.1, 0.15) is 42.6 Å². The van der Waals surface area contributed by atoms with Crippen molar-refractivity contribution in [3.05, 3.63) is 65.7 Å². The minimum atomic E-state index is -0.525. The molecule has 2 aliphatic rings. The molecule has 0 spiro atoms. The summed E-state index contributed by atoms with van der Waals surface area (Å²) in [6, 6.07) is 14.0. The lowest BCUT2D eigenvalue weighted by Gasteiger charge is -2.36. The van der Waals surface area contributed by atoms with Crippen molar-refractivity contribution in [1.82, 2.24) is 4.90 Å². The Morgan fingerprint density at radius 1 is 1.06 bits per heavy atom. The molecule has 3 atom stereocenters. The van der Waals surface area contributed by atoms with Gasteiger partial charge in [-0.15, -0.1) is 0 Å². The van der Waals surface area contributed by atoms with E-state index in [1.54, 1.807) is 37.5 Å². The second-order valence-corrected chi connectivity index (χ2v) is 11.3. The lowest BCUT2D eigenvalue weighted by Crippen LogP contribution is -2.41. The van der Waals surface area contributed by atoms with Crippen LogP contribution >= 0.6 is 24.0 Å². The van der Waals surface area contributed by atoms with Gasteiger partial charge in [-0.2, -0.15) is 0 Å². The van der Waals surface area contributed by atoms with E-state index in [9.17, 15) is 14.4 Å². The van der Waals surface area contributed by atoms with Crippen molar-refractivity contribution in [1.29, 1.82) is 0 Å². The molecule has 188 valence electrons. The maximum Gasteiger partial charge on any atom is 0.247 e. The highest BCUT2D eigenvalue weighted by atomic mass is 32.2. The van der Waals surface area contributed by atoms with Crippen LogP contribution in [0, 0.1) is 11.8 Å². The zero-order chi connectivity index (χ0) is 25.8. The van der Waals surface area contributed by atoms with Gasteiger partial charge in [-0.3, -0.25) is 14.4 Å². The summed E-state index contributed by atoms with van der Waals surface area (Å²) in [6.45, 7) is 6.20. The molecule has 6 nitrogen and oxygen atoms in total. The molecule has 8 heteroatoms. The van der Waals surface area contributed by atoms with Crippen molar-refractivity contribution in [3.8, 4) is 5.75 Å². The van der Waals surface area contributed by atoms with E-state index in [0.29, 0.717) is 33.2 Å². The van der Waals surface area contributed by atoms with Crippen LogP contribution in [-0.4, -0.2) is 52.3 Å². The van der Waals surface area contributed by atoms with Gasteiger partial charge in [-0.1, -0.05) is 56.0 Å². The third kappa shape index (κ3) is 5.87. The highest BCUT2D eigenvalue weighted by Gasteiger charge is 2.41. The average Bonchev–Trinajstić information content (AvgIpc) is 3.14. The number of rotatable bonds is 6. The monoisotopic (exact) mass is 522 g/mol. The third-order valence-corrected chi connectivity index (χ3v) is 8.10. The number of thioether (sulfide) groups is 1. The van der Waals surface area contributed by atoms with Gasteiger partial charge in [0, 0.05) is 30.6 Å². The van der Waals surface area contributed by atoms with E-state index in [2.05, 4.69) is 18.7 Å². The van der Waals surface area contributed by atoms with Crippen molar-refractivity contribution in [2.24, 2.45) is 11.8 Å². The minimum absolute atomic E-state index is 0.116. The number of nitrogens with zero attached hydrogens (tertiary/aromatic N) is 2. The van der Waals surface area contributed by atoms with Gasteiger partial charge in [0.25, 0.3) is 0 Å². The topological polar surface area (TPSA) is 66.9 Å². The van der Waals surface area contributed by atoms with Crippen LogP contribution in [0.3, 0.4) is 0 Å². The molecule has 0 unspecified atom stereocenters. The first-order valence-corrected chi connectivity index (χ1v) is 13.3. The summed E-state index contributed by atoms with van der Waals surface area (Å²) in [5, 5.41) is -0.525. The number of benzene rings is 2. The third-order valence-electron chi connectivity index (χ3n) is 6.44. The number of likely N-dealkylation sites (tertiary alicyclic amines) is 1. The molecule has 2 amide bonds. The molecule has 2 aliphatic heterocycles. The minimum Gasteiger partial charge on any atom is -0.496 e. The first-order valence-electron chi connectivity index (χ1n) is 12.0. The Balaban J connectivity index is 1.40. The van der Waals surface area contributed by atoms with Gasteiger partial charge in [0.05, 0.1) is 12.8 Å². The molecule has 4 rings (SSSR count). The van der Waals surface area contributed by atoms with Crippen molar-refractivity contribution < 1.29 is 19.1 Å². The molecule has 0 saturated carbocycles. The molecular formula is C28H30N2O4S2. The molecule has 0 radical (unpaired) electrons. The second kappa shape index (κ2) is 11.4. The first-order chi connectivity index (χ1) is 17.3. The van der Waals surface area contributed by atoms with E-state index in [0.717, 1.165) is 18.7 Å². The number of thiocarbonyl (C=S) groups is 1. The van der Waals surface area contributed by atoms with Gasteiger partial charge < -0.3 is 9.64 Å². The Hall–Kier alpha value is -2.97. The molecule has 0 aliphatic carbocycles. The van der Waals surface area contributed by atoms with E-state index in [1.807, 2.05) is 24.3 Å². The fourth-order valence-corrected chi connectivity index (χ4v) is 6.29. The fraction of sp³-hybridized carbons (Fsp3) is 0.357. The number of carbonyl (C=O) groups is 3. The van der Waals surface area contributed by atoms with Gasteiger partial charge >= 0.3 is 0 Å². The second-order valence-electron chi connectivity index (χ2n) is 9.48. The summed E-state index contributed by atoms with van der Waals surface area (Å²) < 4.78 is 5.99. The van der Waals surface area contributed by atoms with E-state index in [-0.39, 0.29) is 24.0 Å². The highest BCUT2D eigenvalue weighted by molar-refractivity contribution is 8.23. The zero-order valence-electron chi connectivity index (χ0n) is 20.7. The summed E-state index contributed by atoms with van der Waals surface area (Å²) in [4.78, 5) is 41.9. The number of ketones is 1. The van der Waals surface area contributed by atoms with E-state index in [1.165, 1.54) is 29.2 Å². The number of allylic oxidation sites excluding steroid dienone is 1. The molecule has 0 N–H and O–H groups in total. The van der Waals surface area contributed by atoms with Crippen molar-refractivity contribution in [2.45, 2.75) is 31.9 Å². The number of hydrogen-bond acceptors (Lipinski definition) is 6. The SMILES string of the molecule is COc1ccccc1/C=C/C(=O)c1ccc(N2C(=O)C[C@@H](SC(=S)N3C[C@H](C)C[C@H](C)C3)C2=O)cc1. The van der Waals surface area contributed by atoms with E-state index >= 15 is 0 Å². The first kappa shape index (κ1) is 26.1. The number of methoxy groups -OCH3 is 1. The number of ether oxygens (including phenoxy) is 1. The number of hydrogen-bond donors (Lipinski definition) is 0. The maximum atomic E-state index is 13.1. The van der Waals surface area contributed by atoms with Crippen LogP contribution < -0.4 is 9.64 Å². The predicted molar refractivity (Wildman–Crippen MR) is 148 cm³/mol. The van der Waals surface area contributed by atoms with Crippen molar-refractivity contribution in [3.63, 3.8) is 0 Å². The Morgan fingerprint density at radius 2 is 1.72 bits per heavy atom. The van der Waals surface area contributed by atoms with Crippen LogP contribution in [-0.2, 0) is 9.59 Å². The molecular weight excluding hydrogens is 492 g/mol. The number of imide groups is 1. The molecule has 2 fully saturated rings. The van der Waals surface area contributed by atoms with Crippen LogP contribution in [0.5, 0.6) is 5.75 Å². The number of anilines is 1. The molecule has 2 aromatic carbocycles. The molecule has 0 bridgehead atoms. The summed E-state index contributed by atoms with van der Waals surface area (Å²) in [5.74, 6) is 1.08. The summed E-state index contributed by atoms with van der Waals surface area (Å²) >= 11 is 6.96. The zero-order valence-corrected chi connectivity index (χ0v) is 22.3. The summed E-state index contributed by atoms with van der Waals surface area (Å²) in [6.07, 6.45) is 4.48. The maximum absolute atomic E-state index is 13.1. The molecule has 36 heavy (non-hydrogen) atoms. The van der Waals surface area contributed by atoms with Gasteiger partial charge in [-0.25, -0.2) is 4.90 Å². The number of piperidine rings is 1. The Labute approximate surface area is 221 Å². The fourth-order valence-electron chi connectivity index (χ4n) is 4.82. The van der Waals surface area contributed by atoms with Gasteiger partial charge in [0.15, 0.2) is 5.78 Å². The molecule has 2 saturated heterocycles. The number of para-hydroxylation sites is 1. The lowest BCUT2D eigenvalue weighted by atomic mass is 9.92. The molecule has 2 aromatic rings. The van der Waals surface area contributed by atoms with Gasteiger partial charge in [0.2, 0.25) is 11.8 Å². The van der Waals surface area contributed by atoms with Crippen molar-refractivity contribution >= 4 is 57.7 Å². The smallest absolute Gasteiger partial charge is 0.247 e. The van der Waals surface area contributed by atoms with E-state index in [4.69, 9.17) is 17.0 Å². The van der Waals surface area contributed by atoms with Gasteiger partial charge in [0.1, 0.15) is 15.3 Å². The summed E-state index contributed by atoms with van der Waals surface area (Å²) in [7, 11) is 1.58. The summed E-state index contributed by atoms with van der Waals surface area (Å²) in [5.41, 5.74) is 1.72. The predicted octanol–water partition coefficient (Wildman–Crippen LogP) is 5.22. The lowest BCUT2D eigenvalue weighted by molar-refractivity contribution is -0.121.